The number of nitrogens with zero attached hydrogens (tertiary/aromatic N) is 4. The van der Waals surface area contributed by atoms with Crippen molar-refractivity contribution in [2.75, 3.05) is 6.54 Å². The molecule has 0 spiro atoms. The average Bonchev–Trinajstić information content (AvgIpc) is 3.14. The maximum absolute atomic E-state index is 14.1. The van der Waals surface area contributed by atoms with Gasteiger partial charge in [0.25, 0.3) is 0 Å². The number of fused-ring (bicyclic) bond motifs is 1. The summed E-state index contributed by atoms with van der Waals surface area (Å²) in [5.74, 6) is 0.323. The van der Waals surface area contributed by atoms with Crippen molar-refractivity contribution < 1.29 is 4.39 Å². The molecule has 1 aliphatic rings. The van der Waals surface area contributed by atoms with E-state index in [4.69, 9.17) is 11.6 Å². The van der Waals surface area contributed by atoms with E-state index in [1.807, 2.05) is 4.90 Å². The van der Waals surface area contributed by atoms with Crippen molar-refractivity contribution >= 4 is 35.2 Å². The predicted molar refractivity (Wildman–Crippen MR) is 96.4 cm³/mol. The number of pyridine rings is 1. The third kappa shape index (κ3) is 3.06. The number of hydrogen-bond acceptors (Lipinski definition) is 3. The van der Waals surface area contributed by atoms with Crippen LogP contribution < -0.4 is 0 Å². The zero-order valence-electron chi connectivity index (χ0n) is 13.7. The number of aromatic nitrogens is 2. The van der Waals surface area contributed by atoms with Gasteiger partial charge in [0.05, 0.1) is 5.02 Å². The van der Waals surface area contributed by atoms with Crippen LogP contribution in [0.5, 0.6) is 0 Å². The van der Waals surface area contributed by atoms with Gasteiger partial charge in [0.2, 0.25) is 0 Å². The highest BCUT2D eigenvalue weighted by Gasteiger charge is 2.25. The van der Waals surface area contributed by atoms with Crippen LogP contribution in [0.3, 0.4) is 0 Å². The first-order valence-electron chi connectivity index (χ1n) is 7.82. The molecule has 1 aliphatic heterocycles. The average molecular weight is 348 g/mol. The predicted octanol–water partition coefficient (Wildman–Crippen LogP) is 4.31. The van der Waals surface area contributed by atoms with E-state index >= 15 is 0 Å². The summed E-state index contributed by atoms with van der Waals surface area (Å²) in [7, 11) is 0. The Hall–Kier alpha value is -2.21. The van der Waals surface area contributed by atoms with Gasteiger partial charge < -0.3 is 9.88 Å². The topological polar surface area (TPSA) is 56.6 Å². The second-order valence-electron chi connectivity index (χ2n) is 5.89. The Morgan fingerprint density at radius 1 is 1.54 bits per heavy atom. The van der Waals surface area contributed by atoms with Gasteiger partial charge in [-0.25, -0.2) is 19.4 Å². The number of halogens is 2. The lowest BCUT2D eigenvalue weighted by Gasteiger charge is -2.24. The van der Waals surface area contributed by atoms with E-state index < -0.39 is 0 Å². The number of aromatic amines is 1. The second-order valence-corrected chi connectivity index (χ2v) is 6.32. The fourth-order valence-corrected chi connectivity index (χ4v) is 3.19. The maximum Gasteiger partial charge on any atom is 0.163 e. The van der Waals surface area contributed by atoms with E-state index in [0.717, 1.165) is 24.8 Å². The number of allylic oxidation sites excluding steroid dienone is 1. The number of likely N-dealkylation sites (tertiary alicyclic amines) is 1. The molecule has 3 rings (SSSR count). The number of rotatable bonds is 3. The molecule has 2 aromatic rings. The van der Waals surface area contributed by atoms with E-state index in [0.29, 0.717) is 27.9 Å². The number of aliphatic imine (C=N–C) groups is 2. The lowest BCUT2D eigenvalue weighted by Crippen LogP contribution is -2.26. The van der Waals surface area contributed by atoms with Crippen molar-refractivity contribution in [1.29, 1.82) is 0 Å². The van der Waals surface area contributed by atoms with Crippen molar-refractivity contribution in [3.8, 4) is 0 Å². The number of H-pyrrole nitrogens is 1. The summed E-state index contributed by atoms with van der Waals surface area (Å²) in [5, 5.41) is 1.29. The fraction of sp³-hybridized carbons (Fsp3) is 0.353. The Balaban J connectivity index is 2.09. The second kappa shape index (κ2) is 6.73. The summed E-state index contributed by atoms with van der Waals surface area (Å²) in [6, 6.07) is 2.03. The van der Waals surface area contributed by atoms with Gasteiger partial charge in [-0.05, 0) is 39.5 Å². The van der Waals surface area contributed by atoms with Crippen molar-refractivity contribution in [3.05, 3.63) is 40.7 Å². The van der Waals surface area contributed by atoms with Crippen LogP contribution in [0.4, 0.5) is 4.39 Å². The molecule has 0 aromatic carbocycles. The molecule has 3 heterocycles. The minimum Gasteiger partial charge on any atom is -0.352 e. The molecule has 7 heteroatoms. The summed E-state index contributed by atoms with van der Waals surface area (Å²) < 4.78 is 14.1. The van der Waals surface area contributed by atoms with Gasteiger partial charge in [0.1, 0.15) is 11.5 Å². The highest BCUT2D eigenvalue weighted by Crippen LogP contribution is 2.27. The molecular formula is C17H19ClFN5. The van der Waals surface area contributed by atoms with E-state index in [1.165, 1.54) is 6.92 Å². The van der Waals surface area contributed by atoms with E-state index in [1.54, 1.807) is 18.5 Å². The zero-order chi connectivity index (χ0) is 17.3. The standard InChI is InChI=1S/C17H19ClFN5/c1-10-5-4-6-24(10)17(11(2)19)23-15(20-3)14-9-22-16-13(14)7-12(18)8-21-16/h7-10H,3-6H2,1-2H3,(H,21,22)/b17-11-,23-15-. The summed E-state index contributed by atoms with van der Waals surface area (Å²) in [5.41, 5.74) is 1.36. The van der Waals surface area contributed by atoms with Gasteiger partial charge in [-0.15, -0.1) is 0 Å². The summed E-state index contributed by atoms with van der Waals surface area (Å²) in [4.78, 5) is 17.7. The van der Waals surface area contributed by atoms with Gasteiger partial charge in [-0.2, -0.15) is 0 Å². The molecule has 2 aromatic heterocycles. The normalized spacial score (nSPS) is 19.8. The molecule has 1 N–H and O–H groups in total. The number of amidine groups is 1. The SMILES string of the molecule is C=N/C(=N\C(=C(/C)F)N1CCCC1C)c1c[nH]c2ncc(Cl)cc12. The zero-order valence-corrected chi connectivity index (χ0v) is 14.4. The summed E-state index contributed by atoms with van der Waals surface area (Å²) in [6.07, 6.45) is 5.35. The first-order chi connectivity index (χ1) is 11.5. The van der Waals surface area contributed by atoms with Crippen LogP contribution in [0.15, 0.2) is 40.1 Å². The first kappa shape index (κ1) is 16.6. The third-order valence-electron chi connectivity index (χ3n) is 4.23. The van der Waals surface area contributed by atoms with Gasteiger partial charge in [0.15, 0.2) is 11.7 Å². The Bertz CT molecular complexity index is 835. The quantitative estimate of drug-likeness (QED) is 0.664. The van der Waals surface area contributed by atoms with Gasteiger partial charge in [-0.1, -0.05) is 11.6 Å². The molecule has 24 heavy (non-hydrogen) atoms. The maximum atomic E-state index is 14.1. The van der Waals surface area contributed by atoms with Crippen LogP contribution >= 0.6 is 11.6 Å². The highest BCUT2D eigenvalue weighted by atomic mass is 35.5. The van der Waals surface area contributed by atoms with Crippen LogP contribution in [0.25, 0.3) is 11.0 Å². The Labute approximate surface area is 145 Å². The molecular weight excluding hydrogens is 329 g/mol. The van der Waals surface area contributed by atoms with Crippen LogP contribution in [0.1, 0.15) is 32.3 Å². The van der Waals surface area contributed by atoms with Crippen LogP contribution in [-0.2, 0) is 0 Å². The molecule has 1 atom stereocenters. The molecule has 0 aliphatic carbocycles. The minimum absolute atomic E-state index is 0.250. The largest absolute Gasteiger partial charge is 0.352 e. The summed E-state index contributed by atoms with van der Waals surface area (Å²) >= 11 is 6.03. The molecule has 126 valence electrons. The van der Waals surface area contributed by atoms with Crippen LogP contribution in [-0.4, -0.2) is 40.0 Å². The van der Waals surface area contributed by atoms with E-state index in [9.17, 15) is 4.39 Å². The molecule has 0 radical (unpaired) electrons. The van der Waals surface area contributed by atoms with Crippen molar-refractivity contribution in [2.45, 2.75) is 32.7 Å². The molecule has 5 nitrogen and oxygen atoms in total. The number of nitrogens with one attached hydrogen (secondary N) is 1. The van der Waals surface area contributed by atoms with Crippen molar-refractivity contribution in [2.24, 2.45) is 9.98 Å². The van der Waals surface area contributed by atoms with Gasteiger partial charge in [0, 0.05) is 35.9 Å². The molecule has 0 saturated carbocycles. The number of hydrogen-bond donors (Lipinski definition) is 1. The summed E-state index contributed by atoms with van der Waals surface area (Å²) in [6.45, 7) is 7.86. The third-order valence-corrected chi connectivity index (χ3v) is 4.44. The molecule has 1 fully saturated rings. The van der Waals surface area contributed by atoms with E-state index in [-0.39, 0.29) is 11.9 Å². The van der Waals surface area contributed by atoms with Gasteiger partial charge >= 0.3 is 0 Å². The van der Waals surface area contributed by atoms with Gasteiger partial charge in [-0.3, -0.25) is 0 Å². The monoisotopic (exact) mass is 347 g/mol. The minimum atomic E-state index is -0.333. The van der Waals surface area contributed by atoms with E-state index in [2.05, 4.69) is 33.6 Å². The Morgan fingerprint density at radius 3 is 2.96 bits per heavy atom. The smallest absolute Gasteiger partial charge is 0.163 e. The van der Waals surface area contributed by atoms with Crippen molar-refractivity contribution in [3.63, 3.8) is 0 Å². The van der Waals surface area contributed by atoms with Crippen LogP contribution in [0.2, 0.25) is 5.02 Å². The molecule has 0 bridgehead atoms. The molecule has 1 unspecified atom stereocenters. The first-order valence-corrected chi connectivity index (χ1v) is 8.20. The Morgan fingerprint density at radius 2 is 2.33 bits per heavy atom. The van der Waals surface area contributed by atoms with Crippen molar-refractivity contribution in [1.82, 2.24) is 14.9 Å². The molecule has 1 saturated heterocycles. The molecule has 0 amide bonds. The Kier molecular flexibility index (Phi) is 4.66. The lowest BCUT2D eigenvalue weighted by atomic mass is 10.2. The highest BCUT2D eigenvalue weighted by molar-refractivity contribution is 6.31. The fourth-order valence-electron chi connectivity index (χ4n) is 3.03. The van der Waals surface area contributed by atoms with Crippen LogP contribution in [0, 0.1) is 0 Å². The lowest BCUT2D eigenvalue weighted by molar-refractivity contribution is 0.323.